The molecule has 1 aromatic carbocycles. The fourth-order valence-corrected chi connectivity index (χ4v) is 2.52. The standard InChI is InChI=1S/C17H19N3O4S/c1-3-24-17-15(5-4-12-18-17)19-16(21)11-8-13-6-9-14(10-7-13)20-25(2,22)23/h4-12,20H,3H2,1-2H3,(H,19,21)/b11-8+. The average molecular weight is 361 g/mol. The molecule has 25 heavy (non-hydrogen) atoms. The van der Waals surface area contributed by atoms with Gasteiger partial charge in [0.2, 0.25) is 21.8 Å². The van der Waals surface area contributed by atoms with E-state index in [-0.39, 0.29) is 5.91 Å². The molecule has 132 valence electrons. The van der Waals surface area contributed by atoms with Crippen molar-refractivity contribution in [1.82, 2.24) is 4.98 Å². The predicted molar refractivity (Wildman–Crippen MR) is 98.0 cm³/mol. The molecule has 0 saturated carbocycles. The summed E-state index contributed by atoms with van der Waals surface area (Å²) in [6.07, 6.45) is 5.67. The summed E-state index contributed by atoms with van der Waals surface area (Å²) in [5, 5.41) is 2.70. The SMILES string of the molecule is CCOc1ncccc1NC(=O)/C=C/c1ccc(NS(C)(=O)=O)cc1. The van der Waals surface area contributed by atoms with E-state index >= 15 is 0 Å². The monoisotopic (exact) mass is 361 g/mol. The Morgan fingerprint density at radius 3 is 2.60 bits per heavy atom. The molecular formula is C17H19N3O4S. The van der Waals surface area contributed by atoms with Crippen molar-refractivity contribution < 1.29 is 17.9 Å². The van der Waals surface area contributed by atoms with Crippen molar-refractivity contribution in [3.8, 4) is 5.88 Å². The van der Waals surface area contributed by atoms with Gasteiger partial charge in [0.05, 0.1) is 12.9 Å². The zero-order valence-electron chi connectivity index (χ0n) is 13.9. The van der Waals surface area contributed by atoms with Crippen LogP contribution in [0.15, 0.2) is 48.7 Å². The molecule has 2 rings (SSSR count). The number of aromatic nitrogens is 1. The highest BCUT2D eigenvalue weighted by Crippen LogP contribution is 2.20. The van der Waals surface area contributed by atoms with Crippen LogP contribution in [0.1, 0.15) is 12.5 Å². The van der Waals surface area contributed by atoms with E-state index in [9.17, 15) is 13.2 Å². The zero-order valence-corrected chi connectivity index (χ0v) is 14.7. The molecule has 1 heterocycles. The summed E-state index contributed by atoms with van der Waals surface area (Å²) in [7, 11) is -3.31. The largest absolute Gasteiger partial charge is 0.476 e. The number of sulfonamides is 1. The Balaban J connectivity index is 2.01. The molecule has 8 heteroatoms. The van der Waals surface area contributed by atoms with Gasteiger partial charge in [0.1, 0.15) is 5.69 Å². The second kappa shape index (κ2) is 8.29. The number of hydrogen-bond acceptors (Lipinski definition) is 5. The summed E-state index contributed by atoms with van der Waals surface area (Å²) >= 11 is 0. The number of amides is 1. The van der Waals surface area contributed by atoms with Crippen molar-refractivity contribution in [2.24, 2.45) is 0 Å². The highest BCUT2D eigenvalue weighted by molar-refractivity contribution is 7.92. The van der Waals surface area contributed by atoms with Crippen LogP contribution in [0.4, 0.5) is 11.4 Å². The van der Waals surface area contributed by atoms with Gasteiger partial charge < -0.3 is 10.1 Å². The Kier molecular flexibility index (Phi) is 6.13. The lowest BCUT2D eigenvalue weighted by Gasteiger charge is -2.08. The van der Waals surface area contributed by atoms with Gasteiger partial charge in [-0.3, -0.25) is 9.52 Å². The zero-order chi connectivity index (χ0) is 18.3. The lowest BCUT2D eigenvalue weighted by Crippen LogP contribution is -2.10. The summed E-state index contributed by atoms with van der Waals surface area (Å²) in [5.41, 5.74) is 1.71. The van der Waals surface area contributed by atoms with Gasteiger partial charge in [0.25, 0.3) is 0 Å². The Morgan fingerprint density at radius 2 is 1.96 bits per heavy atom. The molecule has 0 aliphatic rings. The third-order valence-corrected chi connectivity index (χ3v) is 3.56. The normalized spacial score (nSPS) is 11.3. The maximum absolute atomic E-state index is 12.0. The molecule has 0 saturated heterocycles. The lowest BCUT2D eigenvalue weighted by atomic mass is 10.2. The Labute approximate surface area is 146 Å². The minimum absolute atomic E-state index is 0.327. The summed E-state index contributed by atoms with van der Waals surface area (Å²) in [6.45, 7) is 2.28. The maximum atomic E-state index is 12.0. The van der Waals surface area contributed by atoms with E-state index in [2.05, 4.69) is 15.0 Å². The number of carbonyl (C=O) groups is 1. The number of carbonyl (C=O) groups excluding carboxylic acids is 1. The van der Waals surface area contributed by atoms with E-state index in [4.69, 9.17) is 4.74 Å². The number of nitrogens with one attached hydrogen (secondary N) is 2. The minimum Gasteiger partial charge on any atom is -0.476 e. The maximum Gasteiger partial charge on any atom is 0.248 e. The van der Waals surface area contributed by atoms with E-state index in [1.54, 1.807) is 48.7 Å². The molecule has 2 aromatic rings. The van der Waals surface area contributed by atoms with Gasteiger partial charge in [-0.1, -0.05) is 12.1 Å². The predicted octanol–water partition coefficient (Wildman–Crippen LogP) is 2.50. The van der Waals surface area contributed by atoms with Gasteiger partial charge in [-0.05, 0) is 42.8 Å². The molecule has 0 spiro atoms. The topological polar surface area (TPSA) is 97.4 Å². The highest BCUT2D eigenvalue weighted by atomic mass is 32.2. The molecule has 0 fully saturated rings. The second-order valence-electron chi connectivity index (χ2n) is 5.11. The van der Waals surface area contributed by atoms with E-state index < -0.39 is 10.0 Å². The molecular weight excluding hydrogens is 342 g/mol. The summed E-state index contributed by atoms with van der Waals surface area (Å²) < 4.78 is 30.0. The molecule has 2 N–H and O–H groups in total. The van der Waals surface area contributed by atoms with Crippen molar-refractivity contribution in [3.05, 3.63) is 54.2 Å². The molecule has 0 aliphatic carbocycles. The number of nitrogens with zero attached hydrogens (tertiary/aromatic N) is 1. The van der Waals surface area contributed by atoms with Gasteiger partial charge >= 0.3 is 0 Å². The van der Waals surface area contributed by atoms with Crippen molar-refractivity contribution in [2.45, 2.75) is 6.92 Å². The molecule has 0 unspecified atom stereocenters. The Morgan fingerprint density at radius 1 is 1.24 bits per heavy atom. The van der Waals surface area contributed by atoms with Crippen molar-refractivity contribution >= 4 is 33.4 Å². The molecule has 0 radical (unpaired) electrons. The highest BCUT2D eigenvalue weighted by Gasteiger charge is 2.06. The van der Waals surface area contributed by atoms with Crippen LogP contribution >= 0.6 is 0 Å². The van der Waals surface area contributed by atoms with Crippen LogP contribution in [0.2, 0.25) is 0 Å². The van der Waals surface area contributed by atoms with Gasteiger partial charge in [0, 0.05) is 18.0 Å². The van der Waals surface area contributed by atoms with E-state index in [0.717, 1.165) is 11.8 Å². The third kappa shape index (κ3) is 6.27. The molecule has 7 nitrogen and oxygen atoms in total. The molecule has 0 bridgehead atoms. The lowest BCUT2D eigenvalue weighted by molar-refractivity contribution is -0.111. The van der Waals surface area contributed by atoms with Crippen LogP contribution in [0.25, 0.3) is 6.08 Å². The number of pyridine rings is 1. The Bertz CT molecular complexity index is 862. The number of hydrogen-bond donors (Lipinski definition) is 2. The number of anilines is 2. The first kappa shape index (κ1) is 18.5. The quantitative estimate of drug-likeness (QED) is 0.739. The van der Waals surface area contributed by atoms with Crippen LogP contribution in [-0.4, -0.2) is 32.2 Å². The van der Waals surface area contributed by atoms with Crippen LogP contribution in [-0.2, 0) is 14.8 Å². The van der Waals surface area contributed by atoms with Gasteiger partial charge in [-0.25, -0.2) is 13.4 Å². The molecule has 0 aliphatic heterocycles. The molecule has 1 aromatic heterocycles. The number of benzene rings is 1. The van der Waals surface area contributed by atoms with E-state index in [0.29, 0.717) is 23.9 Å². The van der Waals surface area contributed by atoms with Crippen molar-refractivity contribution in [3.63, 3.8) is 0 Å². The fraction of sp³-hybridized carbons (Fsp3) is 0.176. The van der Waals surface area contributed by atoms with Crippen molar-refractivity contribution in [1.29, 1.82) is 0 Å². The van der Waals surface area contributed by atoms with Crippen molar-refractivity contribution in [2.75, 3.05) is 22.9 Å². The van der Waals surface area contributed by atoms with Gasteiger partial charge in [-0.2, -0.15) is 0 Å². The average Bonchev–Trinajstić information content (AvgIpc) is 2.55. The first-order valence-electron chi connectivity index (χ1n) is 7.52. The smallest absolute Gasteiger partial charge is 0.248 e. The van der Waals surface area contributed by atoms with E-state index in [1.165, 1.54) is 6.08 Å². The van der Waals surface area contributed by atoms with Crippen LogP contribution in [0.5, 0.6) is 5.88 Å². The van der Waals surface area contributed by atoms with Gasteiger partial charge in [-0.15, -0.1) is 0 Å². The fourth-order valence-electron chi connectivity index (χ4n) is 1.96. The first-order chi connectivity index (χ1) is 11.9. The number of rotatable bonds is 7. The third-order valence-electron chi connectivity index (χ3n) is 2.95. The molecule has 1 amide bonds. The summed E-state index contributed by atoms with van der Waals surface area (Å²) in [6, 6.07) is 10.0. The summed E-state index contributed by atoms with van der Waals surface area (Å²) in [5.74, 6) is 0.0373. The number of ether oxygens (including phenoxy) is 1. The minimum atomic E-state index is -3.31. The molecule has 0 atom stereocenters. The van der Waals surface area contributed by atoms with Crippen LogP contribution in [0.3, 0.4) is 0 Å². The van der Waals surface area contributed by atoms with Crippen LogP contribution < -0.4 is 14.8 Å². The van der Waals surface area contributed by atoms with E-state index in [1.807, 2.05) is 6.92 Å². The summed E-state index contributed by atoms with van der Waals surface area (Å²) in [4.78, 5) is 16.1. The van der Waals surface area contributed by atoms with Gasteiger partial charge in [0.15, 0.2) is 0 Å². The Hall–Kier alpha value is -2.87. The van der Waals surface area contributed by atoms with Crippen LogP contribution in [0, 0.1) is 0 Å². The second-order valence-corrected chi connectivity index (χ2v) is 6.86. The first-order valence-corrected chi connectivity index (χ1v) is 9.41.